The average Bonchev–Trinajstić information content (AvgIpc) is 3.03. The number of hydrogen-bond donors (Lipinski definition) is 1. The van der Waals surface area contributed by atoms with Gasteiger partial charge in [-0.15, -0.1) is 0 Å². The Bertz CT molecular complexity index is 1300. The number of imide groups is 1. The molecule has 0 aromatic heterocycles. The number of nitrogens with one attached hydrogen (secondary N) is 1. The van der Waals surface area contributed by atoms with Crippen LogP contribution in [0.25, 0.3) is 0 Å². The molecule has 0 saturated heterocycles. The predicted molar refractivity (Wildman–Crippen MR) is 140 cm³/mol. The van der Waals surface area contributed by atoms with E-state index < -0.39 is 17.8 Å². The number of carbonyl (C=O) groups is 3. The van der Waals surface area contributed by atoms with Crippen molar-refractivity contribution in [3.63, 3.8) is 0 Å². The summed E-state index contributed by atoms with van der Waals surface area (Å²) in [6.07, 6.45) is 0. The summed E-state index contributed by atoms with van der Waals surface area (Å²) in [5.74, 6) is -0.858. The number of ether oxygens (including phenoxy) is 1. The minimum Gasteiger partial charge on any atom is -0.423 e. The van der Waals surface area contributed by atoms with Crippen LogP contribution < -0.4 is 15.0 Å². The third kappa shape index (κ3) is 5.00. The lowest BCUT2D eigenvalue weighted by Crippen LogP contribution is -2.32. The molecule has 1 heterocycles. The molecule has 6 nitrogen and oxygen atoms in total. The maximum atomic E-state index is 12.9. The lowest BCUT2D eigenvalue weighted by atomic mass is 10.0. The van der Waals surface area contributed by atoms with Gasteiger partial charge in [0.05, 0.1) is 11.3 Å². The first-order chi connectivity index (χ1) is 16.2. The van der Waals surface area contributed by atoms with Crippen LogP contribution in [0.3, 0.4) is 0 Å². The van der Waals surface area contributed by atoms with Crippen LogP contribution in [-0.2, 0) is 9.59 Å². The van der Waals surface area contributed by atoms with Gasteiger partial charge < -0.3 is 10.1 Å². The second kappa shape index (κ2) is 9.99. The number of amides is 2. The van der Waals surface area contributed by atoms with E-state index in [1.807, 2.05) is 18.2 Å². The minimum absolute atomic E-state index is 0.0222. The molecule has 1 aliphatic rings. The van der Waals surface area contributed by atoms with Crippen molar-refractivity contribution in [1.29, 1.82) is 0 Å². The third-order valence-corrected chi connectivity index (χ3v) is 6.31. The molecule has 8 heteroatoms. The molecule has 2 amide bonds. The summed E-state index contributed by atoms with van der Waals surface area (Å²) in [6, 6.07) is 20.7. The fourth-order valence-electron chi connectivity index (χ4n) is 3.37. The summed E-state index contributed by atoms with van der Waals surface area (Å²) in [4.78, 5) is 39.1. The van der Waals surface area contributed by atoms with Crippen molar-refractivity contribution < 1.29 is 19.1 Å². The number of benzene rings is 3. The van der Waals surface area contributed by atoms with Crippen molar-refractivity contribution in [3.8, 4) is 5.75 Å². The summed E-state index contributed by atoms with van der Waals surface area (Å²) < 4.78 is 6.46. The second-order valence-electron chi connectivity index (χ2n) is 7.93. The Balaban J connectivity index is 1.46. The molecule has 172 valence electrons. The smallest absolute Gasteiger partial charge is 0.343 e. The van der Waals surface area contributed by atoms with E-state index in [1.54, 1.807) is 54.6 Å². The van der Waals surface area contributed by atoms with Crippen LogP contribution in [0.5, 0.6) is 5.75 Å². The number of nitrogens with zero attached hydrogens (tertiary/aromatic N) is 1. The molecule has 3 aromatic rings. The summed E-state index contributed by atoms with van der Waals surface area (Å²) in [6.45, 7) is 4.13. The van der Waals surface area contributed by atoms with Crippen molar-refractivity contribution in [3.05, 3.63) is 98.2 Å². The van der Waals surface area contributed by atoms with Crippen LogP contribution in [0.4, 0.5) is 11.4 Å². The van der Waals surface area contributed by atoms with Crippen molar-refractivity contribution in [2.75, 3.05) is 10.2 Å². The first-order valence-electron chi connectivity index (χ1n) is 10.5. The van der Waals surface area contributed by atoms with Gasteiger partial charge >= 0.3 is 5.97 Å². The first-order valence-corrected chi connectivity index (χ1v) is 11.9. The van der Waals surface area contributed by atoms with Crippen LogP contribution >= 0.6 is 34.2 Å². The van der Waals surface area contributed by atoms with Crippen LogP contribution in [0.15, 0.2) is 83.5 Å². The maximum Gasteiger partial charge on any atom is 0.343 e. The Kier molecular flexibility index (Phi) is 7.04. The average molecular weight is 587 g/mol. The minimum atomic E-state index is -0.598. The van der Waals surface area contributed by atoms with Crippen molar-refractivity contribution >= 4 is 63.4 Å². The lowest BCUT2D eigenvalue weighted by molar-refractivity contribution is -0.120. The van der Waals surface area contributed by atoms with Gasteiger partial charge in [-0.1, -0.05) is 37.6 Å². The number of carbonyl (C=O) groups excluding carboxylic acids is 3. The van der Waals surface area contributed by atoms with Crippen molar-refractivity contribution in [2.24, 2.45) is 0 Å². The van der Waals surface area contributed by atoms with E-state index in [4.69, 9.17) is 16.3 Å². The van der Waals surface area contributed by atoms with Crippen molar-refractivity contribution in [1.82, 2.24) is 0 Å². The molecule has 34 heavy (non-hydrogen) atoms. The zero-order chi connectivity index (χ0) is 24.4. The Morgan fingerprint density at radius 1 is 0.971 bits per heavy atom. The van der Waals surface area contributed by atoms with E-state index in [-0.39, 0.29) is 10.7 Å². The molecule has 1 aliphatic heterocycles. The molecule has 0 bridgehead atoms. The highest BCUT2D eigenvalue weighted by Gasteiger charge is 2.38. The summed E-state index contributed by atoms with van der Waals surface area (Å²) in [5, 5.41) is 2.70. The molecule has 0 unspecified atom stereocenters. The molecule has 0 saturated carbocycles. The molecule has 0 atom stereocenters. The van der Waals surface area contributed by atoms with Crippen LogP contribution in [0, 0.1) is 3.57 Å². The standard InChI is InChI=1S/C26H20ClIN2O4/c1-15(2)17-4-3-5-21(14-17)34-26(33)16-6-10-19(11-7-16)29-23-22(27)24(31)30(25(23)32)20-12-8-18(28)9-13-20/h3-15,29H,1-2H3. The Morgan fingerprint density at radius 3 is 2.29 bits per heavy atom. The van der Waals surface area contributed by atoms with E-state index in [0.29, 0.717) is 28.6 Å². The molecule has 0 fully saturated rings. The Hall–Kier alpha value is -3.17. The lowest BCUT2D eigenvalue weighted by Gasteiger charge is -2.15. The molecule has 0 aliphatic carbocycles. The van der Waals surface area contributed by atoms with Gasteiger partial charge in [0.2, 0.25) is 0 Å². The summed E-state index contributed by atoms with van der Waals surface area (Å²) in [5.41, 5.74) is 2.33. The number of rotatable bonds is 6. The highest BCUT2D eigenvalue weighted by atomic mass is 127. The quantitative estimate of drug-likeness (QED) is 0.164. The molecule has 0 spiro atoms. The highest BCUT2D eigenvalue weighted by molar-refractivity contribution is 14.1. The molecule has 0 radical (unpaired) electrons. The van der Waals surface area contributed by atoms with Crippen LogP contribution in [0.2, 0.25) is 0 Å². The number of anilines is 2. The molecule has 4 rings (SSSR count). The molecule has 1 N–H and O–H groups in total. The monoisotopic (exact) mass is 586 g/mol. The van der Waals surface area contributed by atoms with E-state index >= 15 is 0 Å². The van der Waals surface area contributed by atoms with Gasteiger partial charge in [-0.3, -0.25) is 9.59 Å². The fourth-order valence-corrected chi connectivity index (χ4v) is 3.95. The molecule has 3 aromatic carbocycles. The third-order valence-electron chi connectivity index (χ3n) is 5.24. The van der Waals surface area contributed by atoms with Gasteiger partial charge in [-0.05, 0) is 94.7 Å². The van der Waals surface area contributed by atoms with Gasteiger partial charge in [0, 0.05) is 9.26 Å². The summed E-state index contributed by atoms with van der Waals surface area (Å²) in [7, 11) is 0. The van der Waals surface area contributed by atoms with Gasteiger partial charge in [0.15, 0.2) is 0 Å². The van der Waals surface area contributed by atoms with Crippen molar-refractivity contribution in [2.45, 2.75) is 19.8 Å². The Labute approximate surface area is 215 Å². The summed E-state index contributed by atoms with van der Waals surface area (Å²) >= 11 is 8.33. The number of hydrogen-bond acceptors (Lipinski definition) is 5. The molecular weight excluding hydrogens is 567 g/mol. The van der Waals surface area contributed by atoms with E-state index in [9.17, 15) is 14.4 Å². The normalized spacial score (nSPS) is 13.6. The van der Waals surface area contributed by atoms with Crippen LogP contribution in [0.1, 0.15) is 35.7 Å². The van der Waals surface area contributed by atoms with Gasteiger partial charge in [-0.2, -0.15) is 0 Å². The van der Waals surface area contributed by atoms with E-state index in [2.05, 4.69) is 41.8 Å². The van der Waals surface area contributed by atoms with Gasteiger partial charge in [0.25, 0.3) is 11.8 Å². The van der Waals surface area contributed by atoms with Gasteiger partial charge in [-0.25, -0.2) is 9.69 Å². The zero-order valence-corrected chi connectivity index (χ0v) is 21.3. The largest absolute Gasteiger partial charge is 0.423 e. The highest BCUT2D eigenvalue weighted by Crippen LogP contribution is 2.30. The van der Waals surface area contributed by atoms with E-state index in [1.165, 1.54) is 0 Å². The zero-order valence-electron chi connectivity index (χ0n) is 18.3. The maximum absolute atomic E-state index is 12.9. The first kappa shape index (κ1) is 24.0. The fraction of sp³-hybridized carbons (Fsp3) is 0.115. The topological polar surface area (TPSA) is 75.7 Å². The molecular formula is C26H20ClIN2O4. The number of esters is 1. The predicted octanol–water partition coefficient (Wildman–Crippen LogP) is 6.07. The number of halogens is 2. The van der Waals surface area contributed by atoms with Gasteiger partial charge in [0.1, 0.15) is 16.5 Å². The SMILES string of the molecule is CC(C)c1cccc(OC(=O)c2ccc(NC3=C(Cl)C(=O)N(c4ccc(I)cc4)C3=O)cc2)c1. The van der Waals surface area contributed by atoms with E-state index in [0.717, 1.165) is 14.0 Å². The Morgan fingerprint density at radius 2 is 1.65 bits per heavy atom. The second-order valence-corrected chi connectivity index (χ2v) is 9.55. The van der Waals surface area contributed by atoms with Crippen LogP contribution in [-0.4, -0.2) is 17.8 Å².